The van der Waals surface area contributed by atoms with Gasteiger partial charge in [-0.3, -0.25) is 15.0 Å². The van der Waals surface area contributed by atoms with Gasteiger partial charge in [0.15, 0.2) is 6.23 Å². The molecule has 0 radical (unpaired) electrons. The molecule has 5 unspecified atom stereocenters. The molecule has 0 saturated carbocycles. The summed E-state index contributed by atoms with van der Waals surface area (Å²) in [5, 5.41) is 49.8. The Morgan fingerprint density at radius 2 is 1.72 bits per heavy atom. The SMILES string of the molecule is O=C(NNC1OC(CO)C(O)C(O)C1O)C(=O)Nc1ccccc1O. The monoisotopic (exact) mass is 357 g/mol. The molecule has 5 atom stereocenters. The second kappa shape index (κ2) is 8.20. The average Bonchev–Trinajstić information content (AvgIpc) is 2.60. The number of nitrogens with one attached hydrogen (secondary N) is 3. The Kier molecular flexibility index (Phi) is 6.25. The van der Waals surface area contributed by atoms with Crippen molar-refractivity contribution >= 4 is 17.5 Å². The molecule has 1 saturated heterocycles. The molecule has 0 aliphatic carbocycles. The van der Waals surface area contributed by atoms with Crippen LogP contribution in [0.3, 0.4) is 0 Å². The Labute approximate surface area is 141 Å². The second-order valence-electron chi connectivity index (χ2n) is 5.32. The third kappa shape index (κ3) is 4.42. The molecule has 138 valence electrons. The molecule has 1 aromatic rings. The Bertz CT molecular complexity index is 626. The number of anilines is 1. The van der Waals surface area contributed by atoms with Crippen LogP contribution in [-0.4, -0.2) is 74.6 Å². The Morgan fingerprint density at radius 3 is 2.36 bits per heavy atom. The molecule has 1 heterocycles. The number of carbonyl (C=O) groups is 2. The van der Waals surface area contributed by atoms with Crippen molar-refractivity contribution in [2.75, 3.05) is 11.9 Å². The summed E-state index contributed by atoms with van der Waals surface area (Å²) in [6.07, 6.45) is -7.34. The van der Waals surface area contributed by atoms with Crippen molar-refractivity contribution in [2.45, 2.75) is 30.6 Å². The summed E-state index contributed by atoms with van der Waals surface area (Å²) in [5.41, 5.74) is 4.17. The van der Waals surface area contributed by atoms with Crippen molar-refractivity contribution < 1.29 is 39.9 Å². The lowest BCUT2D eigenvalue weighted by molar-refractivity contribution is -0.238. The fourth-order valence-electron chi connectivity index (χ4n) is 2.17. The number of aliphatic hydroxyl groups excluding tert-OH is 4. The number of rotatable bonds is 4. The first-order chi connectivity index (χ1) is 11.8. The van der Waals surface area contributed by atoms with E-state index in [1.165, 1.54) is 18.2 Å². The molecular weight excluding hydrogens is 338 g/mol. The molecule has 1 aliphatic heterocycles. The van der Waals surface area contributed by atoms with Crippen molar-refractivity contribution in [1.29, 1.82) is 0 Å². The second-order valence-corrected chi connectivity index (χ2v) is 5.32. The van der Waals surface area contributed by atoms with Crippen molar-refractivity contribution in [1.82, 2.24) is 10.9 Å². The first kappa shape index (κ1) is 19.1. The van der Waals surface area contributed by atoms with Gasteiger partial charge in [-0.2, -0.15) is 0 Å². The van der Waals surface area contributed by atoms with E-state index in [2.05, 4.69) is 10.7 Å². The maximum Gasteiger partial charge on any atom is 0.323 e. The molecule has 0 aromatic heterocycles. The van der Waals surface area contributed by atoms with Gasteiger partial charge >= 0.3 is 11.8 Å². The number of benzene rings is 1. The van der Waals surface area contributed by atoms with E-state index >= 15 is 0 Å². The highest BCUT2D eigenvalue weighted by Crippen LogP contribution is 2.21. The van der Waals surface area contributed by atoms with Crippen LogP contribution in [0.5, 0.6) is 5.75 Å². The highest BCUT2D eigenvalue weighted by atomic mass is 16.6. The number of ether oxygens (including phenoxy) is 1. The van der Waals surface area contributed by atoms with Crippen LogP contribution in [0, 0.1) is 0 Å². The summed E-state index contributed by atoms with van der Waals surface area (Å²) in [7, 11) is 0. The van der Waals surface area contributed by atoms with E-state index in [1.54, 1.807) is 6.07 Å². The summed E-state index contributed by atoms with van der Waals surface area (Å²) < 4.78 is 5.09. The highest BCUT2D eigenvalue weighted by molar-refractivity contribution is 6.39. The lowest BCUT2D eigenvalue weighted by Crippen LogP contribution is -2.65. The summed E-state index contributed by atoms with van der Waals surface area (Å²) in [5.74, 6) is -2.51. The zero-order valence-electron chi connectivity index (χ0n) is 12.9. The number of phenolic OH excluding ortho intramolecular Hbond substituents is 1. The number of carbonyl (C=O) groups excluding carboxylic acids is 2. The predicted octanol–water partition coefficient (Wildman–Crippen LogP) is -3.25. The van der Waals surface area contributed by atoms with E-state index in [1.807, 2.05) is 5.43 Å². The first-order valence-electron chi connectivity index (χ1n) is 7.30. The molecule has 1 fully saturated rings. The predicted molar refractivity (Wildman–Crippen MR) is 81.8 cm³/mol. The number of aliphatic hydroxyl groups is 4. The van der Waals surface area contributed by atoms with E-state index in [4.69, 9.17) is 9.84 Å². The number of hydrazine groups is 1. The van der Waals surface area contributed by atoms with Crippen molar-refractivity contribution in [3.63, 3.8) is 0 Å². The molecule has 11 nitrogen and oxygen atoms in total. The molecule has 1 aliphatic rings. The Balaban J connectivity index is 1.90. The maximum atomic E-state index is 11.7. The van der Waals surface area contributed by atoms with Gasteiger partial charge in [-0.05, 0) is 12.1 Å². The molecule has 2 amide bonds. The van der Waals surface area contributed by atoms with Crippen LogP contribution in [0.15, 0.2) is 24.3 Å². The van der Waals surface area contributed by atoms with Gasteiger partial charge in [0.05, 0.1) is 12.3 Å². The Hall–Kier alpha value is -2.28. The zero-order chi connectivity index (χ0) is 18.6. The number of para-hydroxylation sites is 2. The van der Waals surface area contributed by atoms with Crippen molar-refractivity contribution in [2.24, 2.45) is 0 Å². The van der Waals surface area contributed by atoms with Crippen LogP contribution >= 0.6 is 0 Å². The van der Waals surface area contributed by atoms with Gasteiger partial charge in [0.2, 0.25) is 0 Å². The van der Waals surface area contributed by atoms with Crippen LogP contribution in [0.2, 0.25) is 0 Å². The van der Waals surface area contributed by atoms with Crippen LogP contribution in [0.1, 0.15) is 0 Å². The van der Waals surface area contributed by atoms with Gasteiger partial charge in [-0.25, -0.2) is 5.43 Å². The van der Waals surface area contributed by atoms with E-state index in [0.717, 1.165) is 0 Å². The number of phenols is 1. The van der Waals surface area contributed by atoms with E-state index in [9.17, 15) is 30.0 Å². The van der Waals surface area contributed by atoms with Crippen LogP contribution < -0.4 is 16.2 Å². The van der Waals surface area contributed by atoms with Crippen LogP contribution in [-0.2, 0) is 14.3 Å². The topological polar surface area (TPSA) is 181 Å². The van der Waals surface area contributed by atoms with Gasteiger partial charge in [0.1, 0.15) is 30.2 Å². The van der Waals surface area contributed by atoms with Gasteiger partial charge in [0.25, 0.3) is 0 Å². The molecule has 2 rings (SSSR count). The lowest BCUT2D eigenvalue weighted by Gasteiger charge is -2.40. The fraction of sp³-hybridized carbons (Fsp3) is 0.429. The third-order valence-corrected chi connectivity index (χ3v) is 3.58. The van der Waals surface area contributed by atoms with Crippen molar-refractivity contribution in [3.05, 3.63) is 24.3 Å². The number of aromatic hydroxyl groups is 1. The lowest BCUT2D eigenvalue weighted by atomic mass is 9.99. The number of hydrogen-bond acceptors (Lipinski definition) is 9. The standard InChI is InChI=1S/C14H19N3O8/c18-5-8-9(20)10(21)11(22)14(25-8)17-16-13(24)12(23)15-6-3-1-2-4-7(6)19/h1-4,8-11,14,17-22H,5H2,(H,15,23)(H,16,24). The maximum absolute atomic E-state index is 11.7. The van der Waals surface area contributed by atoms with Gasteiger partial charge in [-0.15, -0.1) is 0 Å². The molecule has 1 aromatic carbocycles. The molecular formula is C14H19N3O8. The van der Waals surface area contributed by atoms with Crippen LogP contribution in [0.25, 0.3) is 0 Å². The summed E-state index contributed by atoms with van der Waals surface area (Å²) in [6.45, 7) is -0.634. The minimum absolute atomic E-state index is 0.0236. The van der Waals surface area contributed by atoms with Gasteiger partial charge < -0.3 is 35.6 Å². The quantitative estimate of drug-likeness (QED) is 0.156. The molecule has 11 heteroatoms. The summed E-state index contributed by atoms with van der Waals surface area (Å²) in [4.78, 5) is 23.5. The summed E-state index contributed by atoms with van der Waals surface area (Å²) in [6, 6.07) is 5.77. The van der Waals surface area contributed by atoms with E-state index in [-0.39, 0.29) is 11.4 Å². The molecule has 0 spiro atoms. The smallest absolute Gasteiger partial charge is 0.323 e. The summed E-state index contributed by atoms with van der Waals surface area (Å²) >= 11 is 0. The highest BCUT2D eigenvalue weighted by Gasteiger charge is 2.43. The third-order valence-electron chi connectivity index (χ3n) is 3.58. The first-order valence-corrected chi connectivity index (χ1v) is 7.30. The van der Waals surface area contributed by atoms with Crippen molar-refractivity contribution in [3.8, 4) is 5.75 Å². The van der Waals surface area contributed by atoms with E-state index < -0.39 is 49.1 Å². The van der Waals surface area contributed by atoms with Crippen LogP contribution in [0.4, 0.5) is 5.69 Å². The average molecular weight is 357 g/mol. The largest absolute Gasteiger partial charge is 0.506 e. The number of amides is 2. The minimum atomic E-state index is -1.63. The molecule has 0 bridgehead atoms. The van der Waals surface area contributed by atoms with E-state index in [0.29, 0.717) is 0 Å². The molecule has 8 N–H and O–H groups in total. The minimum Gasteiger partial charge on any atom is -0.506 e. The zero-order valence-corrected chi connectivity index (χ0v) is 12.9. The fourth-order valence-corrected chi connectivity index (χ4v) is 2.17. The van der Waals surface area contributed by atoms with Gasteiger partial charge in [0, 0.05) is 0 Å². The molecule has 25 heavy (non-hydrogen) atoms. The van der Waals surface area contributed by atoms with Gasteiger partial charge in [-0.1, -0.05) is 12.1 Å². The normalized spacial score (nSPS) is 29.0. The Morgan fingerprint density at radius 1 is 1.04 bits per heavy atom. The number of hydrogen-bond donors (Lipinski definition) is 8.